The van der Waals surface area contributed by atoms with E-state index in [1.165, 1.54) is 0 Å². The van der Waals surface area contributed by atoms with Crippen molar-refractivity contribution in [2.75, 3.05) is 5.88 Å². The van der Waals surface area contributed by atoms with Gasteiger partial charge in [0.05, 0.1) is 23.3 Å². The highest BCUT2D eigenvalue weighted by molar-refractivity contribution is 6.28. The van der Waals surface area contributed by atoms with Crippen molar-refractivity contribution >= 4 is 34.0 Å². The molecule has 2 rings (SSSR count). The van der Waals surface area contributed by atoms with E-state index in [0.29, 0.717) is 5.84 Å². The van der Waals surface area contributed by atoms with Gasteiger partial charge in [-0.1, -0.05) is 12.1 Å². The summed E-state index contributed by atoms with van der Waals surface area (Å²) in [4.78, 5) is 4.17. The summed E-state index contributed by atoms with van der Waals surface area (Å²) in [5.74, 6) is 0.624. The number of rotatable bonds is 2. The first-order valence-corrected chi connectivity index (χ1v) is 4.66. The largest absolute Gasteiger partial charge is 0.386 e. The minimum Gasteiger partial charge on any atom is -0.386 e. The Kier molecular flexibility index (Phi) is 2.37. The molecule has 1 aromatic carbocycles. The van der Waals surface area contributed by atoms with Gasteiger partial charge in [-0.05, 0) is 6.07 Å². The van der Waals surface area contributed by atoms with Gasteiger partial charge in [0.25, 0.3) is 0 Å². The number of H-pyrrole nitrogens is 1. The van der Waals surface area contributed by atoms with Gasteiger partial charge in [0.1, 0.15) is 5.84 Å². The van der Waals surface area contributed by atoms with Gasteiger partial charge >= 0.3 is 0 Å². The van der Waals surface area contributed by atoms with Gasteiger partial charge in [0.15, 0.2) is 0 Å². The number of aromatic nitrogens is 2. The number of aromatic amines is 1. The van der Waals surface area contributed by atoms with Crippen LogP contribution in [0.4, 0.5) is 5.69 Å². The molecule has 4 nitrogen and oxygen atoms in total. The number of fused-ring (bicyclic) bond motifs is 1. The summed E-state index contributed by atoms with van der Waals surface area (Å²) in [5.41, 5.74) is 7.19. The van der Waals surface area contributed by atoms with Crippen LogP contribution in [0.5, 0.6) is 0 Å². The van der Waals surface area contributed by atoms with Crippen LogP contribution in [0, 0.1) is 0 Å². The van der Waals surface area contributed by atoms with Crippen molar-refractivity contribution in [3.63, 3.8) is 0 Å². The summed E-state index contributed by atoms with van der Waals surface area (Å²) in [6, 6.07) is 5.72. The lowest BCUT2D eigenvalue weighted by Crippen LogP contribution is -2.12. The summed E-state index contributed by atoms with van der Waals surface area (Å²) in [6.45, 7) is 0. The lowest BCUT2D eigenvalue weighted by atomic mass is 10.2. The lowest BCUT2D eigenvalue weighted by molar-refractivity contribution is 1.12. The van der Waals surface area contributed by atoms with E-state index in [1.807, 2.05) is 18.2 Å². The fourth-order valence-corrected chi connectivity index (χ4v) is 1.29. The molecule has 0 radical (unpaired) electrons. The third-order valence-corrected chi connectivity index (χ3v) is 2.13. The Morgan fingerprint density at radius 1 is 1.57 bits per heavy atom. The first-order valence-electron chi connectivity index (χ1n) is 4.12. The van der Waals surface area contributed by atoms with Crippen LogP contribution in [-0.2, 0) is 0 Å². The molecule has 72 valence electrons. The monoisotopic (exact) mass is 208 g/mol. The molecular formula is C9H9ClN4. The van der Waals surface area contributed by atoms with Crippen LogP contribution in [0.1, 0.15) is 0 Å². The van der Waals surface area contributed by atoms with Crippen molar-refractivity contribution < 1.29 is 0 Å². The van der Waals surface area contributed by atoms with Crippen molar-refractivity contribution in [3.8, 4) is 0 Å². The Morgan fingerprint density at radius 2 is 2.43 bits per heavy atom. The molecule has 0 spiro atoms. The van der Waals surface area contributed by atoms with E-state index in [-0.39, 0.29) is 5.88 Å². The predicted molar refractivity (Wildman–Crippen MR) is 58.1 cm³/mol. The van der Waals surface area contributed by atoms with Crippen molar-refractivity contribution in [1.29, 1.82) is 0 Å². The molecule has 5 heteroatoms. The lowest BCUT2D eigenvalue weighted by Gasteiger charge is -1.97. The molecular weight excluding hydrogens is 200 g/mol. The Hall–Kier alpha value is -1.55. The van der Waals surface area contributed by atoms with Gasteiger partial charge < -0.3 is 5.73 Å². The van der Waals surface area contributed by atoms with E-state index < -0.39 is 0 Å². The van der Waals surface area contributed by atoms with Gasteiger partial charge in [-0.15, -0.1) is 11.6 Å². The molecule has 0 aliphatic rings. The SMILES string of the molecule is NC(CCl)=Nc1cccc2cn[nH]c12. The van der Waals surface area contributed by atoms with Crippen LogP contribution >= 0.6 is 11.6 Å². The first-order chi connectivity index (χ1) is 6.81. The van der Waals surface area contributed by atoms with Crippen molar-refractivity contribution in [2.24, 2.45) is 10.7 Å². The van der Waals surface area contributed by atoms with Gasteiger partial charge in [-0.3, -0.25) is 5.10 Å². The average Bonchev–Trinajstić information content (AvgIpc) is 2.66. The summed E-state index contributed by atoms with van der Waals surface area (Å²) in [6.07, 6.45) is 1.74. The highest BCUT2D eigenvalue weighted by Gasteiger charge is 2.01. The average molecular weight is 209 g/mol. The van der Waals surface area contributed by atoms with Crippen molar-refractivity contribution in [2.45, 2.75) is 0 Å². The van der Waals surface area contributed by atoms with E-state index >= 15 is 0 Å². The first kappa shape index (κ1) is 9.02. The van der Waals surface area contributed by atoms with E-state index in [0.717, 1.165) is 16.6 Å². The molecule has 0 amide bonds. The van der Waals surface area contributed by atoms with E-state index in [4.69, 9.17) is 17.3 Å². The van der Waals surface area contributed by atoms with Gasteiger partial charge in [0.2, 0.25) is 0 Å². The Balaban J connectivity index is 2.56. The molecule has 2 aromatic rings. The zero-order valence-electron chi connectivity index (χ0n) is 7.37. The van der Waals surface area contributed by atoms with Crippen LogP contribution < -0.4 is 5.73 Å². The van der Waals surface area contributed by atoms with E-state index in [1.54, 1.807) is 6.20 Å². The minimum absolute atomic E-state index is 0.227. The quantitative estimate of drug-likeness (QED) is 0.449. The molecule has 0 fully saturated rings. The number of nitrogens with two attached hydrogens (primary N) is 1. The molecule has 14 heavy (non-hydrogen) atoms. The second-order valence-electron chi connectivity index (χ2n) is 2.85. The Bertz CT molecular complexity index is 474. The molecule has 0 atom stereocenters. The molecule has 0 aliphatic carbocycles. The maximum Gasteiger partial charge on any atom is 0.115 e. The number of halogens is 1. The second kappa shape index (κ2) is 3.67. The zero-order valence-corrected chi connectivity index (χ0v) is 8.12. The summed E-state index contributed by atoms with van der Waals surface area (Å²) < 4.78 is 0. The topological polar surface area (TPSA) is 67.1 Å². The van der Waals surface area contributed by atoms with Crippen molar-refractivity contribution in [3.05, 3.63) is 24.4 Å². The normalized spacial score (nSPS) is 12.2. The summed E-state index contributed by atoms with van der Waals surface area (Å²) >= 11 is 5.55. The number of hydrogen-bond donors (Lipinski definition) is 2. The number of amidine groups is 1. The molecule has 0 saturated heterocycles. The number of nitrogens with one attached hydrogen (secondary N) is 1. The van der Waals surface area contributed by atoms with E-state index in [2.05, 4.69) is 15.2 Å². The number of hydrogen-bond acceptors (Lipinski definition) is 2. The molecule has 0 unspecified atom stereocenters. The molecule has 0 bridgehead atoms. The Morgan fingerprint density at radius 3 is 3.21 bits per heavy atom. The third kappa shape index (κ3) is 1.56. The highest BCUT2D eigenvalue weighted by Crippen LogP contribution is 2.23. The van der Waals surface area contributed by atoms with Crippen LogP contribution in [-0.4, -0.2) is 21.9 Å². The molecule has 3 N–H and O–H groups in total. The summed E-state index contributed by atoms with van der Waals surface area (Å²) in [5, 5.41) is 7.80. The maximum absolute atomic E-state index is 5.55. The number of benzene rings is 1. The Labute approximate surface area is 85.8 Å². The standard InChI is InChI=1S/C9H9ClN4/c10-4-8(11)13-7-3-1-2-6-5-12-14-9(6)7/h1-3,5H,4H2,(H2,11,13)(H,12,14). The minimum atomic E-state index is 0.227. The van der Waals surface area contributed by atoms with Crippen molar-refractivity contribution in [1.82, 2.24) is 10.2 Å². The van der Waals surface area contributed by atoms with Crippen LogP contribution in [0.25, 0.3) is 10.9 Å². The fourth-order valence-electron chi connectivity index (χ4n) is 1.23. The number of alkyl halides is 1. The fraction of sp³-hybridized carbons (Fsp3) is 0.111. The molecule has 1 heterocycles. The van der Waals surface area contributed by atoms with Crippen LogP contribution in [0.15, 0.2) is 29.4 Å². The van der Waals surface area contributed by atoms with Crippen LogP contribution in [0.3, 0.4) is 0 Å². The smallest absolute Gasteiger partial charge is 0.115 e. The summed E-state index contributed by atoms with van der Waals surface area (Å²) in [7, 11) is 0. The van der Waals surface area contributed by atoms with Gasteiger partial charge in [-0.2, -0.15) is 5.10 Å². The zero-order chi connectivity index (χ0) is 9.97. The third-order valence-electron chi connectivity index (χ3n) is 1.86. The molecule has 0 aliphatic heterocycles. The molecule has 0 saturated carbocycles. The van der Waals surface area contributed by atoms with E-state index in [9.17, 15) is 0 Å². The highest BCUT2D eigenvalue weighted by atomic mass is 35.5. The number of para-hydroxylation sites is 1. The maximum atomic E-state index is 5.55. The van der Waals surface area contributed by atoms with Crippen LogP contribution in [0.2, 0.25) is 0 Å². The second-order valence-corrected chi connectivity index (χ2v) is 3.12. The molecule has 1 aromatic heterocycles. The van der Waals surface area contributed by atoms with Gasteiger partial charge in [0, 0.05) is 5.39 Å². The predicted octanol–water partition coefficient (Wildman–Crippen LogP) is 1.79. The number of nitrogens with zero attached hydrogens (tertiary/aromatic N) is 2. The van der Waals surface area contributed by atoms with Gasteiger partial charge in [-0.25, -0.2) is 4.99 Å². The number of aliphatic imine (C=N–C) groups is 1.